The van der Waals surface area contributed by atoms with Gasteiger partial charge in [0.2, 0.25) is 0 Å². The fraction of sp³-hybridized carbons (Fsp3) is 0.667. The average molecular weight is 184 g/mol. The summed E-state index contributed by atoms with van der Waals surface area (Å²) in [6.07, 6.45) is 0. The predicted molar refractivity (Wildman–Crippen MR) is 29.3 cm³/mol. The maximum atomic E-state index is 4.70. The maximum Gasteiger partial charge on any atom is 2.00 e. The van der Waals surface area contributed by atoms with Gasteiger partial charge >= 0.3 is 19.5 Å². The van der Waals surface area contributed by atoms with Crippen LogP contribution >= 0.6 is 12.2 Å². The van der Waals surface area contributed by atoms with Crippen LogP contribution in [-0.4, -0.2) is 18.2 Å². The van der Waals surface area contributed by atoms with Crippen molar-refractivity contribution in [3.8, 4) is 0 Å². The first-order valence-corrected chi connectivity index (χ1v) is 2.32. The Hall–Kier alpha value is 0.273. The van der Waals surface area contributed by atoms with E-state index >= 15 is 0 Å². The molecule has 0 amide bonds. The molecule has 0 aromatic rings. The molecule has 5 heteroatoms. The maximum absolute atomic E-state index is 4.70. The van der Waals surface area contributed by atoms with Crippen LogP contribution in [0.4, 0.5) is 0 Å². The van der Waals surface area contributed by atoms with E-state index in [1.54, 1.807) is 0 Å². The summed E-state index contributed by atoms with van der Waals surface area (Å²) in [5.74, 6) is 0. The van der Waals surface area contributed by atoms with Gasteiger partial charge in [0.1, 0.15) is 0 Å². The first-order chi connectivity index (χ1) is 2.89. The average Bonchev–Trinajstić information content (AvgIpc) is 1.86. The van der Waals surface area contributed by atoms with Crippen molar-refractivity contribution in [2.45, 2.75) is 0 Å². The fourth-order valence-electron chi connectivity index (χ4n) is 0.415. The molecule has 0 saturated carbocycles. The number of hydrogen-bond acceptors (Lipinski definition) is 1. The van der Waals surface area contributed by atoms with Crippen LogP contribution < -0.4 is 10.6 Å². The van der Waals surface area contributed by atoms with Gasteiger partial charge < -0.3 is 16.1 Å². The van der Waals surface area contributed by atoms with Crippen LogP contribution in [0.25, 0.3) is 0 Å². The Morgan fingerprint density at radius 3 is 1.75 bits per heavy atom. The van der Waals surface area contributed by atoms with Crippen molar-refractivity contribution < 1.29 is 25.0 Å². The van der Waals surface area contributed by atoms with Gasteiger partial charge in [-0.05, 0) is 12.2 Å². The molecule has 1 aliphatic heterocycles. The first kappa shape index (κ1) is 11.1. The minimum absolute atomic E-state index is 0. The second kappa shape index (κ2) is 5.41. The summed E-state index contributed by atoms with van der Waals surface area (Å²) in [6, 6.07) is 0. The number of hydrogen-bond donors (Lipinski definition) is 2. The van der Waals surface area contributed by atoms with Crippen LogP contribution in [0.15, 0.2) is 0 Å². The Labute approximate surface area is 66.3 Å². The number of thiocarbonyl (C=S) groups is 1. The SMILES string of the molecule is S=C1NCCN1.[O-2].[Zn+2]. The molecule has 1 aliphatic rings. The van der Waals surface area contributed by atoms with E-state index in [0.29, 0.717) is 0 Å². The van der Waals surface area contributed by atoms with Gasteiger partial charge in [-0.3, -0.25) is 0 Å². The van der Waals surface area contributed by atoms with E-state index in [9.17, 15) is 0 Å². The van der Waals surface area contributed by atoms with Gasteiger partial charge in [0.15, 0.2) is 5.11 Å². The van der Waals surface area contributed by atoms with Gasteiger partial charge in [-0.2, -0.15) is 0 Å². The normalized spacial score (nSPS) is 14.8. The Morgan fingerprint density at radius 2 is 1.62 bits per heavy atom. The molecule has 0 spiro atoms. The van der Waals surface area contributed by atoms with Gasteiger partial charge in [0, 0.05) is 13.1 Å². The van der Waals surface area contributed by atoms with Gasteiger partial charge in [0.05, 0.1) is 0 Å². The molecular weight excluding hydrogens is 178 g/mol. The zero-order chi connectivity index (χ0) is 4.41. The summed E-state index contributed by atoms with van der Waals surface area (Å²) >= 11 is 4.70. The Kier molecular flexibility index (Phi) is 7.52. The van der Waals surface area contributed by atoms with Gasteiger partial charge in [-0.1, -0.05) is 0 Å². The second-order valence-electron chi connectivity index (χ2n) is 1.18. The van der Waals surface area contributed by atoms with Gasteiger partial charge in [0.25, 0.3) is 0 Å². The Bertz CT molecular complexity index is 71.7. The molecule has 0 radical (unpaired) electrons. The summed E-state index contributed by atoms with van der Waals surface area (Å²) in [4.78, 5) is 0. The Morgan fingerprint density at radius 1 is 1.25 bits per heavy atom. The van der Waals surface area contributed by atoms with E-state index in [2.05, 4.69) is 10.6 Å². The molecule has 1 saturated heterocycles. The van der Waals surface area contributed by atoms with Crippen molar-refractivity contribution in [2.75, 3.05) is 13.1 Å². The van der Waals surface area contributed by atoms with Crippen molar-refractivity contribution in [3.63, 3.8) is 0 Å². The second-order valence-corrected chi connectivity index (χ2v) is 1.59. The summed E-state index contributed by atoms with van der Waals surface area (Å²) in [6.45, 7) is 1.97. The zero-order valence-electron chi connectivity index (χ0n) is 4.44. The predicted octanol–water partition coefficient (Wildman–Crippen LogP) is -0.657. The van der Waals surface area contributed by atoms with Gasteiger partial charge in [-0.25, -0.2) is 0 Å². The van der Waals surface area contributed by atoms with Crippen molar-refractivity contribution in [1.82, 2.24) is 10.6 Å². The molecule has 3 nitrogen and oxygen atoms in total. The number of rotatable bonds is 0. The van der Waals surface area contributed by atoms with E-state index in [0.717, 1.165) is 18.2 Å². The van der Waals surface area contributed by atoms with Crippen LogP contribution in [0.1, 0.15) is 0 Å². The third kappa shape index (κ3) is 3.30. The van der Waals surface area contributed by atoms with E-state index < -0.39 is 0 Å². The van der Waals surface area contributed by atoms with Crippen LogP contribution in [0.3, 0.4) is 0 Å². The van der Waals surface area contributed by atoms with Crippen LogP contribution in [0.5, 0.6) is 0 Å². The van der Waals surface area contributed by atoms with Crippen LogP contribution in [0.2, 0.25) is 0 Å². The van der Waals surface area contributed by atoms with Gasteiger partial charge in [-0.15, -0.1) is 0 Å². The summed E-state index contributed by atoms with van der Waals surface area (Å²) in [5.41, 5.74) is 0. The standard InChI is InChI=1S/C3H6N2S.O.Zn/c6-3-4-1-2-5-3;;/h1-2H2,(H2,4,5,6);;/q;-2;+2. The molecule has 42 valence electrons. The monoisotopic (exact) mass is 182 g/mol. The van der Waals surface area contributed by atoms with Crippen molar-refractivity contribution in [1.29, 1.82) is 0 Å². The molecule has 1 fully saturated rings. The summed E-state index contributed by atoms with van der Waals surface area (Å²) < 4.78 is 0. The zero-order valence-corrected chi connectivity index (χ0v) is 8.22. The van der Waals surface area contributed by atoms with E-state index in [1.165, 1.54) is 0 Å². The molecule has 0 aliphatic carbocycles. The molecule has 0 bridgehead atoms. The molecule has 1 rings (SSSR count). The molecular formula is C3H6N2OSZn. The third-order valence-corrected chi connectivity index (χ3v) is 0.985. The minimum atomic E-state index is 0. The summed E-state index contributed by atoms with van der Waals surface area (Å²) in [7, 11) is 0. The molecule has 2 N–H and O–H groups in total. The third-order valence-electron chi connectivity index (χ3n) is 0.696. The largest absolute Gasteiger partial charge is 2.00 e. The summed E-state index contributed by atoms with van der Waals surface area (Å²) in [5, 5.41) is 6.67. The molecule has 1 heterocycles. The first-order valence-electron chi connectivity index (χ1n) is 1.91. The number of nitrogens with one attached hydrogen (secondary N) is 2. The van der Waals surface area contributed by atoms with E-state index in [1.807, 2.05) is 0 Å². The molecule has 0 unspecified atom stereocenters. The van der Waals surface area contributed by atoms with Crippen LogP contribution in [0, 0.1) is 0 Å². The van der Waals surface area contributed by atoms with E-state index in [4.69, 9.17) is 12.2 Å². The molecule has 0 aromatic heterocycles. The fourth-order valence-corrected chi connectivity index (χ4v) is 0.619. The minimum Gasteiger partial charge on any atom is -2.00 e. The van der Waals surface area contributed by atoms with Crippen molar-refractivity contribution >= 4 is 17.3 Å². The van der Waals surface area contributed by atoms with Crippen molar-refractivity contribution in [2.24, 2.45) is 0 Å². The smallest absolute Gasteiger partial charge is 2.00 e. The van der Waals surface area contributed by atoms with E-state index in [-0.39, 0.29) is 25.0 Å². The molecule has 0 atom stereocenters. The quantitative estimate of drug-likeness (QED) is 0.387. The molecule has 8 heavy (non-hydrogen) atoms. The molecule has 0 aromatic carbocycles. The topological polar surface area (TPSA) is 52.6 Å². The van der Waals surface area contributed by atoms with Crippen molar-refractivity contribution in [3.05, 3.63) is 0 Å². The Balaban J connectivity index is 0. The van der Waals surface area contributed by atoms with Crippen LogP contribution in [-0.2, 0) is 25.0 Å².